The van der Waals surface area contributed by atoms with Crippen LogP contribution in [0.15, 0.2) is 37.1 Å². The van der Waals surface area contributed by atoms with E-state index in [1.165, 1.54) is 0 Å². The Hall–Kier alpha value is -2.41. The van der Waals surface area contributed by atoms with Crippen molar-refractivity contribution < 1.29 is 9.53 Å². The lowest BCUT2D eigenvalue weighted by atomic mass is 10.0. The van der Waals surface area contributed by atoms with Gasteiger partial charge in [-0.25, -0.2) is 9.97 Å². The summed E-state index contributed by atoms with van der Waals surface area (Å²) < 4.78 is 7.52. The molecular formula is C18H23N5O2. The first-order valence-corrected chi connectivity index (χ1v) is 8.87. The third kappa shape index (κ3) is 3.37. The second-order valence-electron chi connectivity index (χ2n) is 6.53. The predicted octanol–water partition coefficient (Wildman–Crippen LogP) is 1.59. The van der Waals surface area contributed by atoms with Gasteiger partial charge in [-0.1, -0.05) is 0 Å². The number of amides is 1. The van der Waals surface area contributed by atoms with Crippen molar-refractivity contribution in [2.75, 3.05) is 44.3 Å². The fraction of sp³-hybridized carbons (Fsp3) is 0.500. The summed E-state index contributed by atoms with van der Waals surface area (Å²) in [5, 5.41) is 0. The van der Waals surface area contributed by atoms with Crippen LogP contribution in [0.5, 0.6) is 0 Å². The Bertz CT molecular complexity index is 712. The van der Waals surface area contributed by atoms with Gasteiger partial charge in [0.2, 0.25) is 0 Å². The van der Waals surface area contributed by atoms with E-state index in [0.29, 0.717) is 31.4 Å². The molecular weight excluding hydrogens is 318 g/mol. The summed E-state index contributed by atoms with van der Waals surface area (Å²) in [6, 6.07) is 4.03. The van der Waals surface area contributed by atoms with Crippen molar-refractivity contribution in [3.63, 3.8) is 0 Å². The summed E-state index contributed by atoms with van der Waals surface area (Å²) in [6.07, 6.45) is 9.43. The molecule has 2 aliphatic heterocycles. The van der Waals surface area contributed by atoms with Gasteiger partial charge in [0, 0.05) is 44.8 Å². The molecule has 2 aromatic heterocycles. The van der Waals surface area contributed by atoms with Crippen LogP contribution in [-0.2, 0) is 4.74 Å². The van der Waals surface area contributed by atoms with Crippen molar-refractivity contribution in [3.8, 4) is 0 Å². The quantitative estimate of drug-likeness (QED) is 0.848. The van der Waals surface area contributed by atoms with E-state index in [-0.39, 0.29) is 5.91 Å². The highest BCUT2D eigenvalue weighted by atomic mass is 16.5. The number of imidazole rings is 1. The number of rotatable bonds is 3. The molecule has 0 saturated carbocycles. The fourth-order valence-corrected chi connectivity index (χ4v) is 3.63. The van der Waals surface area contributed by atoms with Gasteiger partial charge < -0.3 is 19.1 Å². The number of piperidine rings is 1. The molecule has 0 bridgehead atoms. The summed E-state index contributed by atoms with van der Waals surface area (Å²) >= 11 is 0. The second kappa shape index (κ2) is 7.23. The number of aromatic nitrogens is 3. The molecule has 7 heteroatoms. The van der Waals surface area contributed by atoms with E-state index in [0.717, 1.165) is 38.3 Å². The number of carbonyl (C=O) groups excluding carboxylic acids is 1. The number of nitrogens with zero attached hydrogens (tertiary/aromatic N) is 5. The summed E-state index contributed by atoms with van der Waals surface area (Å²) in [5.41, 5.74) is 0.690. The SMILES string of the molecule is O=C(c1cccnc1N1CCOCC1)N1CCC[C@H](n2ccnc2)C1. The topological polar surface area (TPSA) is 63.5 Å². The van der Waals surface area contributed by atoms with Crippen molar-refractivity contribution in [2.45, 2.75) is 18.9 Å². The van der Waals surface area contributed by atoms with Gasteiger partial charge in [-0.05, 0) is 25.0 Å². The lowest BCUT2D eigenvalue weighted by Gasteiger charge is -2.35. The number of pyridine rings is 1. The molecule has 7 nitrogen and oxygen atoms in total. The highest BCUT2D eigenvalue weighted by Crippen LogP contribution is 2.25. The predicted molar refractivity (Wildman–Crippen MR) is 93.7 cm³/mol. The Morgan fingerprint density at radius 1 is 1.20 bits per heavy atom. The van der Waals surface area contributed by atoms with Crippen LogP contribution in [0.1, 0.15) is 29.2 Å². The Morgan fingerprint density at radius 2 is 2.08 bits per heavy atom. The molecule has 0 aromatic carbocycles. The zero-order valence-corrected chi connectivity index (χ0v) is 14.3. The van der Waals surface area contributed by atoms with E-state index in [2.05, 4.69) is 19.4 Å². The largest absolute Gasteiger partial charge is 0.378 e. The molecule has 2 aliphatic rings. The van der Waals surface area contributed by atoms with Crippen LogP contribution in [0.25, 0.3) is 0 Å². The average molecular weight is 341 g/mol. The summed E-state index contributed by atoms with van der Waals surface area (Å²) in [5.74, 6) is 0.847. The van der Waals surface area contributed by atoms with Gasteiger partial charge in [-0.15, -0.1) is 0 Å². The van der Waals surface area contributed by atoms with E-state index in [1.54, 1.807) is 12.4 Å². The van der Waals surface area contributed by atoms with Crippen LogP contribution < -0.4 is 4.90 Å². The number of ether oxygens (including phenoxy) is 1. The molecule has 4 rings (SSSR count). The Kier molecular flexibility index (Phi) is 4.65. The van der Waals surface area contributed by atoms with Crippen molar-refractivity contribution in [3.05, 3.63) is 42.6 Å². The highest BCUT2D eigenvalue weighted by Gasteiger charge is 2.28. The third-order valence-corrected chi connectivity index (χ3v) is 4.96. The van der Waals surface area contributed by atoms with E-state index < -0.39 is 0 Å². The maximum absolute atomic E-state index is 13.2. The molecule has 132 valence electrons. The zero-order valence-electron chi connectivity index (χ0n) is 14.3. The van der Waals surface area contributed by atoms with Crippen LogP contribution in [0.3, 0.4) is 0 Å². The standard InChI is InChI=1S/C18H23N5O2/c24-18(22-7-2-3-15(13-22)23-8-6-19-14-23)16-4-1-5-20-17(16)21-9-11-25-12-10-21/h1,4-6,8,14-15H,2-3,7,9-13H2/t15-/m0/s1. The van der Waals surface area contributed by atoms with Crippen LogP contribution >= 0.6 is 0 Å². The van der Waals surface area contributed by atoms with Crippen molar-refractivity contribution in [1.29, 1.82) is 0 Å². The maximum Gasteiger partial charge on any atom is 0.257 e. The molecule has 2 fully saturated rings. The van der Waals surface area contributed by atoms with Crippen molar-refractivity contribution in [2.24, 2.45) is 0 Å². The van der Waals surface area contributed by atoms with Gasteiger partial charge in [-0.3, -0.25) is 4.79 Å². The Labute approximate surface area is 147 Å². The van der Waals surface area contributed by atoms with E-state index in [9.17, 15) is 4.79 Å². The minimum atomic E-state index is 0.0689. The monoisotopic (exact) mass is 341 g/mol. The molecule has 0 spiro atoms. The lowest BCUT2D eigenvalue weighted by Crippen LogP contribution is -2.42. The van der Waals surface area contributed by atoms with Gasteiger partial charge in [0.05, 0.1) is 31.1 Å². The molecule has 0 aliphatic carbocycles. The van der Waals surface area contributed by atoms with Crippen LogP contribution in [0, 0.1) is 0 Å². The molecule has 4 heterocycles. The van der Waals surface area contributed by atoms with Gasteiger partial charge in [-0.2, -0.15) is 0 Å². The van der Waals surface area contributed by atoms with Crippen LogP contribution in [-0.4, -0.2) is 64.7 Å². The number of morpholine rings is 1. The maximum atomic E-state index is 13.2. The molecule has 0 unspecified atom stereocenters. The molecule has 2 aromatic rings. The molecule has 0 radical (unpaired) electrons. The minimum absolute atomic E-state index is 0.0689. The van der Waals surface area contributed by atoms with E-state index >= 15 is 0 Å². The van der Waals surface area contributed by atoms with Gasteiger partial charge >= 0.3 is 0 Å². The molecule has 1 atom stereocenters. The van der Waals surface area contributed by atoms with E-state index in [4.69, 9.17) is 4.74 Å². The molecule has 2 saturated heterocycles. The summed E-state index contributed by atoms with van der Waals surface area (Å²) in [4.78, 5) is 25.9. The van der Waals surface area contributed by atoms with Gasteiger partial charge in [0.15, 0.2) is 0 Å². The number of anilines is 1. The first-order valence-electron chi connectivity index (χ1n) is 8.87. The fourth-order valence-electron chi connectivity index (χ4n) is 3.63. The van der Waals surface area contributed by atoms with Crippen molar-refractivity contribution in [1.82, 2.24) is 19.4 Å². The summed E-state index contributed by atoms with van der Waals surface area (Å²) in [6.45, 7) is 4.41. The normalized spacial score (nSPS) is 21.4. The van der Waals surface area contributed by atoms with Crippen LogP contribution in [0.2, 0.25) is 0 Å². The molecule has 0 N–H and O–H groups in total. The minimum Gasteiger partial charge on any atom is -0.378 e. The second-order valence-corrected chi connectivity index (χ2v) is 6.53. The van der Waals surface area contributed by atoms with Crippen LogP contribution in [0.4, 0.5) is 5.82 Å². The summed E-state index contributed by atoms with van der Waals surface area (Å²) in [7, 11) is 0. The first kappa shape index (κ1) is 16.1. The first-order chi connectivity index (χ1) is 12.3. The number of hydrogen-bond acceptors (Lipinski definition) is 5. The molecule has 25 heavy (non-hydrogen) atoms. The zero-order chi connectivity index (χ0) is 17.1. The Balaban J connectivity index is 1.54. The van der Waals surface area contributed by atoms with Crippen molar-refractivity contribution >= 4 is 11.7 Å². The molecule has 1 amide bonds. The average Bonchev–Trinajstić information content (AvgIpc) is 3.23. The Morgan fingerprint density at radius 3 is 2.88 bits per heavy atom. The number of hydrogen-bond donors (Lipinski definition) is 0. The number of carbonyl (C=O) groups is 1. The van der Waals surface area contributed by atoms with E-state index in [1.807, 2.05) is 29.6 Å². The highest BCUT2D eigenvalue weighted by molar-refractivity contribution is 5.99. The smallest absolute Gasteiger partial charge is 0.257 e. The third-order valence-electron chi connectivity index (χ3n) is 4.96. The van der Waals surface area contributed by atoms with Gasteiger partial charge in [0.25, 0.3) is 5.91 Å². The number of likely N-dealkylation sites (tertiary alicyclic amines) is 1. The lowest BCUT2D eigenvalue weighted by molar-refractivity contribution is 0.0678. The van der Waals surface area contributed by atoms with Gasteiger partial charge in [0.1, 0.15) is 5.82 Å².